The molecule has 0 heterocycles. The minimum atomic E-state index is -4.06. The standard InChI is InChI=1S/C41H53N7O12S2/c1-24(2)35(40(55)47-33(5-4-20-44-41(43)56)39(54)45-30-14-8-26(21-49)9-15-30)48-34(50)19-18-32(37(42)52)46-38(53)28-12-10-27(11-13-28)36(51)29(22-61(57)58)23-62(59,60)31-16-6-25(3)7-17-31/h6-17,24,29,32-33,35,49H,4-5,18-23H2,1-3H3,(H2,42,52)(H,45,54)(H,46,53)(H,47,55)(H,48,50)(H,57,58)(H3,43,44,56)/p-1/t29?,32-,33-,35-/m0/s1. The quantitative estimate of drug-likeness (QED) is 0.0350. The molecular weight excluding hydrogens is 847 g/mol. The van der Waals surface area contributed by atoms with Gasteiger partial charge in [0.25, 0.3) is 5.91 Å². The van der Waals surface area contributed by atoms with Gasteiger partial charge in [-0.1, -0.05) is 66.9 Å². The van der Waals surface area contributed by atoms with E-state index in [9.17, 15) is 55.8 Å². The molecule has 0 aromatic heterocycles. The monoisotopic (exact) mass is 898 g/mol. The smallest absolute Gasteiger partial charge is 0.312 e. The summed E-state index contributed by atoms with van der Waals surface area (Å²) in [6.07, 6.45) is -0.336. The zero-order chi connectivity index (χ0) is 46.1. The minimum absolute atomic E-state index is 0.0452. The number of hydrogen-bond donors (Lipinski definition) is 8. The molecule has 0 spiro atoms. The van der Waals surface area contributed by atoms with Gasteiger partial charge in [0.2, 0.25) is 23.6 Å². The number of aliphatic hydroxyl groups excluding tert-OH is 1. The third-order valence-corrected chi connectivity index (χ3v) is 12.0. The van der Waals surface area contributed by atoms with Crippen molar-refractivity contribution in [2.24, 2.45) is 23.3 Å². The maximum Gasteiger partial charge on any atom is 0.312 e. The molecule has 0 aliphatic heterocycles. The Balaban J connectivity index is 1.64. The molecule has 3 aromatic rings. The number of nitrogens with two attached hydrogens (primary N) is 2. The van der Waals surface area contributed by atoms with Crippen LogP contribution in [0, 0.1) is 18.8 Å². The van der Waals surface area contributed by atoms with Gasteiger partial charge in [-0.25, -0.2) is 13.2 Å². The third-order valence-electron chi connectivity index (χ3n) is 9.52. The van der Waals surface area contributed by atoms with E-state index in [1.807, 2.05) is 0 Å². The molecule has 2 unspecified atom stereocenters. The molecule has 10 N–H and O–H groups in total. The Bertz CT molecular complexity index is 2200. The summed E-state index contributed by atoms with van der Waals surface area (Å²) in [5, 5.41) is 22.1. The van der Waals surface area contributed by atoms with E-state index in [1.165, 1.54) is 36.4 Å². The summed E-state index contributed by atoms with van der Waals surface area (Å²) in [5.74, 6) is -8.03. The average molecular weight is 899 g/mol. The molecule has 0 saturated heterocycles. The predicted molar refractivity (Wildman–Crippen MR) is 227 cm³/mol. The lowest BCUT2D eigenvalue weighted by Gasteiger charge is -2.25. The Morgan fingerprint density at radius 2 is 1.40 bits per heavy atom. The number of amides is 7. The molecule has 0 bridgehead atoms. The lowest BCUT2D eigenvalue weighted by Crippen LogP contribution is -2.54. The van der Waals surface area contributed by atoms with Gasteiger partial charge in [0.1, 0.15) is 18.1 Å². The second-order valence-corrected chi connectivity index (χ2v) is 17.8. The van der Waals surface area contributed by atoms with E-state index in [4.69, 9.17) is 11.5 Å². The van der Waals surface area contributed by atoms with Crippen molar-refractivity contribution in [3.8, 4) is 0 Å². The van der Waals surface area contributed by atoms with Crippen molar-refractivity contribution in [1.29, 1.82) is 0 Å². The van der Waals surface area contributed by atoms with Crippen LogP contribution < -0.4 is 38.1 Å². The zero-order valence-corrected chi connectivity index (χ0v) is 36.0. The van der Waals surface area contributed by atoms with Gasteiger partial charge in [-0.15, -0.1) is 0 Å². The summed E-state index contributed by atoms with van der Waals surface area (Å²) in [5.41, 5.74) is 12.4. The van der Waals surface area contributed by atoms with Crippen molar-refractivity contribution in [3.05, 3.63) is 95.1 Å². The van der Waals surface area contributed by atoms with Crippen molar-refractivity contribution in [2.45, 2.75) is 76.1 Å². The summed E-state index contributed by atoms with van der Waals surface area (Å²) < 4.78 is 49.3. The van der Waals surface area contributed by atoms with E-state index in [1.54, 1.807) is 57.2 Å². The molecule has 336 valence electrons. The molecular formula is C41H52N7O12S2-. The van der Waals surface area contributed by atoms with E-state index >= 15 is 0 Å². The maximum absolute atomic E-state index is 13.5. The highest BCUT2D eigenvalue weighted by atomic mass is 32.2. The highest BCUT2D eigenvalue weighted by Crippen LogP contribution is 2.20. The van der Waals surface area contributed by atoms with Gasteiger partial charge in [0, 0.05) is 41.5 Å². The third kappa shape index (κ3) is 16.1. The van der Waals surface area contributed by atoms with Gasteiger partial charge in [-0.3, -0.25) is 33.0 Å². The molecule has 19 nitrogen and oxygen atoms in total. The van der Waals surface area contributed by atoms with Gasteiger partial charge in [-0.05, 0) is 74.1 Å². The number of hydrogen-bond acceptors (Lipinski definition) is 12. The largest absolute Gasteiger partial charge is 0.772 e. The van der Waals surface area contributed by atoms with Crippen LogP contribution in [0.4, 0.5) is 10.5 Å². The van der Waals surface area contributed by atoms with Gasteiger partial charge in [0.15, 0.2) is 15.6 Å². The Labute approximate surface area is 361 Å². The molecule has 3 aromatic carbocycles. The van der Waals surface area contributed by atoms with Crippen LogP contribution in [0.5, 0.6) is 0 Å². The number of nitrogens with one attached hydrogen (secondary N) is 5. The number of aryl methyl sites for hydroxylation is 1. The zero-order valence-electron chi connectivity index (χ0n) is 34.4. The number of aliphatic hydroxyl groups is 1. The van der Waals surface area contributed by atoms with Gasteiger partial charge >= 0.3 is 6.03 Å². The number of anilines is 1. The van der Waals surface area contributed by atoms with Crippen molar-refractivity contribution in [1.82, 2.24) is 21.3 Å². The highest BCUT2D eigenvalue weighted by molar-refractivity contribution is 7.91. The fourth-order valence-corrected chi connectivity index (χ4v) is 8.34. The number of urea groups is 1. The van der Waals surface area contributed by atoms with E-state index in [2.05, 4.69) is 26.6 Å². The fraction of sp³-hybridized carbons (Fsp3) is 0.390. The van der Waals surface area contributed by atoms with Crippen LogP contribution >= 0.6 is 0 Å². The molecule has 0 aliphatic rings. The highest BCUT2D eigenvalue weighted by Gasteiger charge is 2.31. The summed E-state index contributed by atoms with van der Waals surface area (Å²) in [6, 6.07) is 12.7. The maximum atomic E-state index is 13.5. The van der Waals surface area contributed by atoms with Crippen LogP contribution in [0.25, 0.3) is 0 Å². The lowest BCUT2D eigenvalue weighted by atomic mass is 9.99. The van der Waals surface area contributed by atoms with Crippen molar-refractivity contribution in [3.63, 3.8) is 0 Å². The van der Waals surface area contributed by atoms with Crippen LogP contribution in [-0.2, 0) is 46.7 Å². The first kappa shape index (κ1) is 50.3. The van der Waals surface area contributed by atoms with Gasteiger partial charge < -0.3 is 47.7 Å². The van der Waals surface area contributed by atoms with Crippen molar-refractivity contribution < 1.29 is 55.8 Å². The summed E-state index contributed by atoms with van der Waals surface area (Å²) in [6.45, 7) is 4.99. The van der Waals surface area contributed by atoms with Crippen LogP contribution in [-0.4, -0.2) is 99.8 Å². The number of sulfone groups is 1. The van der Waals surface area contributed by atoms with E-state index in [0.717, 1.165) is 5.56 Å². The topological polar surface area (TPSA) is 326 Å². The second-order valence-electron chi connectivity index (χ2n) is 14.8. The number of carbonyl (C=O) groups excluding carboxylic acids is 7. The molecule has 21 heteroatoms. The van der Waals surface area contributed by atoms with Crippen LogP contribution in [0.3, 0.4) is 0 Å². The van der Waals surface area contributed by atoms with E-state index < -0.39 is 104 Å². The molecule has 0 radical (unpaired) electrons. The Morgan fingerprint density at radius 3 is 1.95 bits per heavy atom. The average Bonchev–Trinajstić information content (AvgIpc) is 3.21. The fourth-order valence-electron chi connectivity index (χ4n) is 6.05. The number of carbonyl (C=O) groups is 7. The normalized spacial score (nSPS) is 13.7. The molecule has 3 rings (SSSR count). The first-order chi connectivity index (χ1) is 29.2. The second kappa shape index (κ2) is 23.8. The SMILES string of the molecule is Cc1ccc(S(=O)(=O)CC(CS(=O)[O-])C(=O)c2ccc(C(=O)N[C@@H](CCC(=O)N[C@H](C(=O)N[C@@H](CCCNC(N)=O)C(=O)Nc3ccc(CO)cc3)C(C)C)C(N)=O)cc2)cc1. The molecule has 0 saturated carbocycles. The van der Waals surface area contributed by atoms with Crippen molar-refractivity contribution >= 4 is 68.0 Å². The summed E-state index contributed by atoms with van der Waals surface area (Å²) in [7, 11) is -4.06. The Kier molecular flexibility index (Phi) is 19.3. The van der Waals surface area contributed by atoms with E-state index in [0.29, 0.717) is 11.3 Å². The summed E-state index contributed by atoms with van der Waals surface area (Å²) in [4.78, 5) is 89.8. The number of ketones is 1. The number of primary amides is 2. The molecule has 62 heavy (non-hydrogen) atoms. The Morgan fingerprint density at radius 1 is 0.790 bits per heavy atom. The lowest BCUT2D eigenvalue weighted by molar-refractivity contribution is -0.132. The first-order valence-corrected chi connectivity index (χ1v) is 22.3. The van der Waals surface area contributed by atoms with Crippen LogP contribution in [0.15, 0.2) is 77.7 Å². The van der Waals surface area contributed by atoms with Gasteiger partial charge in [0.05, 0.1) is 17.3 Å². The number of rotatable bonds is 24. The van der Waals surface area contributed by atoms with Gasteiger partial charge in [-0.2, -0.15) is 0 Å². The molecule has 0 aliphatic carbocycles. The molecule has 5 atom stereocenters. The molecule has 0 fully saturated rings. The summed E-state index contributed by atoms with van der Waals surface area (Å²) >= 11 is -2.76. The van der Waals surface area contributed by atoms with Crippen molar-refractivity contribution in [2.75, 3.05) is 23.4 Å². The number of Topliss-reactive ketones (excluding diaryl/α,β-unsaturated/α-hetero) is 1. The predicted octanol–water partition coefficient (Wildman–Crippen LogP) is 0.716. The van der Waals surface area contributed by atoms with Crippen LogP contribution in [0.1, 0.15) is 71.4 Å². The number of benzene rings is 3. The first-order valence-electron chi connectivity index (χ1n) is 19.4. The Hall–Kier alpha value is -6.03. The van der Waals surface area contributed by atoms with Crippen LogP contribution in [0.2, 0.25) is 0 Å². The van der Waals surface area contributed by atoms with E-state index in [-0.39, 0.29) is 54.9 Å². The molecule has 7 amide bonds. The minimum Gasteiger partial charge on any atom is -0.772 e.